The summed E-state index contributed by atoms with van der Waals surface area (Å²) in [5, 5.41) is 13.0. The van der Waals surface area contributed by atoms with Crippen LogP contribution in [0.4, 0.5) is 5.69 Å². The van der Waals surface area contributed by atoms with Crippen LogP contribution in [0, 0.1) is 10.1 Å². The van der Waals surface area contributed by atoms with E-state index in [1.54, 1.807) is 0 Å². The van der Waals surface area contributed by atoms with Gasteiger partial charge in [0.2, 0.25) is 5.91 Å². The molecule has 2 aromatic carbocycles. The van der Waals surface area contributed by atoms with Crippen molar-refractivity contribution in [3.05, 3.63) is 75.8 Å². The van der Waals surface area contributed by atoms with Gasteiger partial charge in [-0.05, 0) is 36.7 Å². The van der Waals surface area contributed by atoms with Crippen molar-refractivity contribution in [3.8, 4) is 0 Å². The Morgan fingerprint density at radius 2 is 1.66 bits per heavy atom. The molecule has 0 heterocycles. The number of nitro benzene ring substituents is 1. The van der Waals surface area contributed by atoms with Crippen LogP contribution in [0.2, 0.25) is 0 Å². The van der Waals surface area contributed by atoms with Gasteiger partial charge in [-0.3, -0.25) is 35.3 Å². The molecular formula is C21H22N4O6S. The van der Waals surface area contributed by atoms with E-state index in [1.807, 2.05) is 30.3 Å². The number of rotatable bonds is 9. The first-order valence-corrected chi connectivity index (χ1v) is 10.1. The molecule has 32 heavy (non-hydrogen) atoms. The smallest absolute Gasteiger partial charge is 0.306 e. The average molecular weight is 458 g/mol. The van der Waals surface area contributed by atoms with Gasteiger partial charge in [-0.15, -0.1) is 0 Å². The molecule has 0 unspecified atom stereocenters. The molecule has 10 nitrogen and oxygen atoms in total. The number of nitrogens with one attached hydrogen (secondary N) is 3. The Bertz CT molecular complexity index is 983. The van der Waals surface area contributed by atoms with Crippen LogP contribution in [0.25, 0.3) is 0 Å². The largest absolute Gasteiger partial charge is 0.466 e. The van der Waals surface area contributed by atoms with Gasteiger partial charge in [-0.2, -0.15) is 0 Å². The highest BCUT2D eigenvalue weighted by Crippen LogP contribution is 2.16. The topological polar surface area (TPSA) is 140 Å². The number of benzene rings is 2. The summed E-state index contributed by atoms with van der Waals surface area (Å²) in [5.41, 5.74) is 5.06. The molecule has 0 atom stereocenters. The molecule has 0 radical (unpaired) electrons. The molecule has 0 spiro atoms. The lowest BCUT2D eigenvalue weighted by Crippen LogP contribution is -2.48. The molecule has 2 aromatic rings. The number of esters is 1. The SMILES string of the molecule is O=C(CCC(=O)OCCCc1ccccc1)NC(=S)NNC(=O)c1ccccc1[N+](=O)[O-]. The Hall–Kier alpha value is -3.86. The number of ether oxygens (including phenoxy) is 1. The molecule has 0 bridgehead atoms. The van der Waals surface area contributed by atoms with Crippen molar-refractivity contribution in [1.29, 1.82) is 0 Å². The second kappa shape index (κ2) is 12.7. The maximum Gasteiger partial charge on any atom is 0.306 e. The van der Waals surface area contributed by atoms with E-state index in [-0.39, 0.29) is 35.8 Å². The van der Waals surface area contributed by atoms with Gasteiger partial charge in [0.05, 0.1) is 18.0 Å². The molecule has 0 aliphatic rings. The minimum absolute atomic E-state index is 0.123. The summed E-state index contributed by atoms with van der Waals surface area (Å²) in [6.07, 6.45) is 1.18. The van der Waals surface area contributed by atoms with Gasteiger partial charge in [-0.25, -0.2) is 0 Å². The second-order valence-electron chi connectivity index (χ2n) is 6.54. The first kappa shape index (κ1) is 24.4. The zero-order valence-electron chi connectivity index (χ0n) is 17.0. The fraction of sp³-hybridized carbons (Fsp3) is 0.238. The van der Waals surface area contributed by atoms with Gasteiger partial charge < -0.3 is 10.1 Å². The Balaban J connectivity index is 1.63. The van der Waals surface area contributed by atoms with Crippen LogP contribution in [-0.2, 0) is 20.7 Å². The molecular weight excluding hydrogens is 436 g/mol. The van der Waals surface area contributed by atoms with Crippen molar-refractivity contribution >= 4 is 40.8 Å². The van der Waals surface area contributed by atoms with Gasteiger partial charge in [0.15, 0.2) is 5.11 Å². The number of nitro groups is 1. The number of carbonyl (C=O) groups excluding carboxylic acids is 3. The Morgan fingerprint density at radius 1 is 0.969 bits per heavy atom. The average Bonchev–Trinajstić information content (AvgIpc) is 2.79. The lowest BCUT2D eigenvalue weighted by atomic mass is 10.1. The zero-order chi connectivity index (χ0) is 23.3. The number of nitrogens with zero attached hydrogens (tertiary/aromatic N) is 1. The van der Waals surface area contributed by atoms with Gasteiger partial charge in [0.25, 0.3) is 11.6 Å². The van der Waals surface area contributed by atoms with E-state index in [1.165, 1.54) is 24.3 Å². The van der Waals surface area contributed by atoms with Gasteiger partial charge >= 0.3 is 5.97 Å². The van der Waals surface area contributed by atoms with Gasteiger partial charge in [-0.1, -0.05) is 42.5 Å². The highest BCUT2D eigenvalue weighted by molar-refractivity contribution is 7.80. The predicted molar refractivity (Wildman–Crippen MR) is 119 cm³/mol. The Morgan fingerprint density at radius 3 is 2.38 bits per heavy atom. The quantitative estimate of drug-likeness (QED) is 0.171. The van der Waals surface area contributed by atoms with Crippen LogP contribution >= 0.6 is 12.2 Å². The number of thiocarbonyl (C=S) groups is 1. The van der Waals surface area contributed by atoms with Gasteiger partial charge in [0, 0.05) is 12.5 Å². The van der Waals surface area contributed by atoms with Crippen molar-refractivity contribution in [2.75, 3.05) is 6.61 Å². The number of para-hydroxylation sites is 1. The van der Waals surface area contributed by atoms with Crippen LogP contribution in [0.1, 0.15) is 35.2 Å². The molecule has 168 valence electrons. The number of amides is 2. The molecule has 0 aromatic heterocycles. The minimum atomic E-state index is -0.798. The summed E-state index contributed by atoms with van der Waals surface area (Å²) >= 11 is 4.89. The third-order valence-corrected chi connectivity index (χ3v) is 4.36. The van der Waals surface area contributed by atoms with Crippen molar-refractivity contribution in [2.24, 2.45) is 0 Å². The highest BCUT2D eigenvalue weighted by Gasteiger charge is 2.19. The van der Waals surface area contributed by atoms with Crippen molar-refractivity contribution in [3.63, 3.8) is 0 Å². The maximum atomic E-state index is 12.1. The minimum Gasteiger partial charge on any atom is -0.466 e. The van der Waals surface area contributed by atoms with E-state index in [0.717, 1.165) is 12.0 Å². The van der Waals surface area contributed by atoms with E-state index in [9.17, 15) is 24.5 Å². The van der Waals surface area contributed by atoms with Crippen molar-refractivity contribution < 1.29 is 24.0 Å². The number of hydrogen-bond acceptors (Lipinski definition) is 7. The molecule has 0 aliphatic carbocycles. The zero-order valence-corrected chi connectivity index (χ0v) is 17.9. The first-order valence-electron chi connectivity index (χ1n) is 9.70. The molecule has 11 heteroatoms. The lowest BCUT2D eigenvalue weighted by Gasteiger charge is -2.11. The van der Waals surface area contributed by atoms with E-state index in [4.69, 9.17) is 17.0 Å². The predicted octanol–water partition coefficient (Wildman–Crippen LogP) is 2.19. The molecule has 0 saturated heterocycles. The number of carbonyl (C=O) groups is 3. The van der Waals surface area contributed by atoms with Crippen LogP contribution in [-0.4, -0.2) is 34.4 Å². The summed E-state index contributed by atoms with van der Waals surface area (Å²) in [5.74, 6) is -1.85. The molecule has 3 N–H and O–H groups in total. The third-order valence-electron chi connectivity index (χ3n) is 4.16. The summed E-state index contributed by atoms with van der Waals surface area (Å²) in [6.45, 7) is 0.257. The van der Waals surface area contributed by atoms with Crippen LogP contribution in [0.15, 0.2) is 54.6 Å². The van der Waals surface area contributed by atoms with E-state index < -0.39 is 22.7 Å². The summed E-state index contributed by atoms with van der Waals surface area (Å²) < 4.78 is 5.10. The Kier molecular flexibility index (Phi) is 9.72. The van der Waals surface area contributed by atoms with Crippen molar-refractivity contribution in [1.82, 2.24) is 16.2 Å². The third kappa shape index (κ3) is 8.48. The molecule has 0 fully saturated rings. The fourth-order valence-electron chi connectivity index (χ4n) is 2.62. The van der Waals surface area contributed by atoms with Crippen LogP contribution in [0.5, 0.6) is 0 Å². The summed E-state index contributed by atoms with van der Waals surface area (Å²) in [6, 6.07) is 15.2. The van der Waals surface area contributed by atoms with Gasteiger partial charge in [0.1, 0.15) is 5.56 Å². The fourth-order valence-corrected chi connectivity index (χ4v) is 2.79. The number of aryl methyl sites for hydroxylation is 1. The molecule has 0 aliphatic heterocycles. The van der Waals surface area contributed by atoms with E-state index in [0.29, 0.717) is 6.42 Å². The summed E-state index contributed by atoms with van der Waals surface area (Å²) in [4.78, 5) is 46.0. The molecule has 2 amide bonds. The van der Waals surface area contributed by atoms with Crippen LogP contribution < -0.4 is 16.2 Å². The maximum absolute atomic E-state index is 12.1. The summed E-state index contributed by atoms with van der Waals surface area (Å²) in [7, 11) is 0. The Labute approximate surface area is 189 Å². The van der Waals surface area contributed by atoms with E-state index in [2.05, 4.69) is 16.2 Å². The van der Waals surface area contributed by atoms with E-state index >= 15 is 0 Å². The lowest BCUT2D eigenvalue weighted by molar-refractivity contribution is -0.385. The highest BCUT2D eigenvalue weighted by atomic mass is 32.1. The molecule has 2 rings (SSSR count). The monoisotopic (exact) mass is 458 g/mol. The normalized spacial score (nSPS) is 10.0. The van der Waals surface area contributed by atoms with Crippen LogP contribution in [0.3, 0.4) is 0 Å². The first-order chi connectivity index (χ1) is 15.4. The standard InChI is InChI=1S/C21H22N4O6S/c26-18(12-13-19(27)31-14-6-9-15-7-2-1-3-8-15)22-21(32)24-23-20(28)16-10-4-5-11-17(16)25(29)30/h1-5,7-8,10-11H,6,9,12-14H2,(H,23,28)(H2,22,24,26,32). The second-order valence-corrected chi connectivity index (χ2v) is 6.95. The van der Waals surface area contributed by atoms with Crippen molar-refractivity contribution in [2.45, 2.75) is 25.7 Å². The number of hydrogen-bond donors (Lipinski definition) is 3. The molecule has 0 saturated carbocycles. The number of hydrazine groups is 1.